The van der Waals surface area contributed by atoms with Crippen molar-refractivity contribution in [3.05, 3.63) is 41.3 Å². The van der Waals surface area contributed by atoms with Gasteiger partial charge in [0.1, 0.15) is 0 Å². The van der Waals surface area contributed by atoms with Gasteiger partial charge in [0.25, 0.3) is 5.89 Å². The topological polar surface area (TPSA) is 68.4 Å². The fourth-order valence-corrected chi connectivity index (χ4v) is 1.47. The Morgan fingerprint density at radius 2 is 2.28 bits per heavy atom. The van der Waals surface area contributed by atoms with Crippen LogP contribution < -0.4 is 4.74 Å². The number of aryl methyl sites for hydroxylation is 1. The van der Waals surface area contributed by atoms with Crippen molar-refractivity contribution in [2.75, 3.05) is 0 Å². The monoisotopic (exact) mass is 252 g/mol. The van der Waals surface area contributed by atoms with Crippen molar-refractivity contribution in [3.63, 3.8) is 0 Å². The molecule has 0 amide bonds. The maximum atomic E-state index is 13.5. The van der Waals surface area contributed by atoms with Crippen LogP contribution in [0, 0.1) is 5.82 Å². The van der Waals surface area contributed by atoms with Gasteiger partial charge in [-0.1, -0.05) is 24.2 Å². The van der Waals surface area contributed by atoms with E-state index in [-0.39, 0.29) is 24.9 Å². The van der Waals surface area contributed by atoms with Crippen LogP contribution in [0.5, 0.6) is 5.75 Å². The average molecular weight is 252 g/mol. The van der Waals surface area contributed by atoms with Gasteiger partial charge in [-0.3, -0.25) is 0 Å². The number of halogens is 1. The Hall–Kier alpha value is -1.95. The Morgan fingerprint density at radius 1 is 1.44 bits per heavy atom. The van der Waals surface area contributed by atoms with E-state index in [1.54, 1.807) is 6.07 Å². The third-order valence-corrected chi connectivity index (χ3v) is 2.39. The second-order valence-corrected chi connectivity index (χ2v) is 3.63. The first-order chi connectivity index (χ1) is 8.74. The van der Waals surface area contributed by atoms with Gasteiger partial charge in [-0.25, -0.2) is 4.39 Å². The summed E-state index contributed by atoms with van der Waals surface area (Å²) >= 11 is 0. The van der Waals surface area contributed by atoms with E-state index in [9.17, 15) is 4.39 Å². The van der Waals surface area contributed by atoms with E-state index in [1.165, 1.54) is 12.1 Å². The molecule has 0 saturated carbocycles. The van der Waals surface area contributed by atoms with E-state index in [0.29, 0.717) is 17.8 Å². The van der Waals surface area contributed by atoms with E-state index in [1.807, 2.05) is 6.92 Å². The molecule has 0 aliphatic heterocycles. The third kappa shape index (κ3) is 2.65. The number of para-hydroxylation sites is 1. The van der Waals surface area contributed by atoms with Crippen molar-refractivity contribution in [3.8, 4) is 5.75 Å². The number of hydrogen-bond acceptors (Lipinski definition) is 5. The third-order valence-electron chi connectivity index (χ3n) is 2.39. The molecule has 1 N–H and O–H groups in total. The van der Waals surface area contributed by atoms with Crippen molar-refractivity contribution in [1.82, 2.24) is 10.1 Å². The summed E-state index contributed by atoms with van der Waals surface area (Å²) in [6.07, 6.45) is 0.658. The zero-order valence-electron chi connectivity index (χ0n) is 9.89. The maximum absolute atomic E-state index is 13.5. The lowest BCUT2D eigenvalue weighted by Gasteiger charge is -2.08. The SMILES string of the molecule is CCc1noc(COc2c(F)cccc2CO)n1. The van der Waals surface area contributed by atoms with Crippen LogP contribution >= 0.6 is 0 Å². The number of aliphatic hydroxyl groups excluding tert-OH is 1. The first-order valence-corrected chi connectivity index (χ1v) is 5.57. The lowest BCUT2D eigenvalue weighted by molar-refractivity contribution is 0.220. The summed E-state index contributed by atoms with van der Waals surface area (Å²) in [6, 6.07) is 4.36. The number of rotatable bonds is 5. The predicted molar refractivity (Wildman–Crippen MR) is 60.3 cm³/mol. The smallest absolute Gasteiger partial charge is 0.264 e. The van der Waals surface area contributed by atoms with Gasteiger partial charge in [-0.2, -0.15) is 4.98 Å². The molecule has 0 atom stereocenters. The predicted octanol–water partition coefficient (Wildman–Crippen LogP) is 1.84. The molecular formula is C12H13FN2O3. The average Bonchev–Trinajstić information content (AvgIpc) is 2.85. The van der Waals surface area contributed by atoms with Gasteiger partial charge in [0, 0.05) is 12.0 Å². The number of ether oxygens (including phenoxy) is 1. The quantitative estimate of drug-likeness (QED) is 0.879. The molecule has 0 radical (unpaired) electrons. The van der Waals surface area contributed by atoms with Crippen LogP contribution in [0.4, 0.5) is 4.39 Å². The molecule has 0 bridgehead atoms. The number of nitrogens with zero attached hydrogens (tertiary/aromatic N) is 2. The summed E-state index contributed by atoms with van der Waals surface area (Å²) in [5.41, 5.74) is 0.380. The highest BCUT2D eigenvalue weighted by molar-refractivity contribution is 5.34. The Bertz CT molecular complexity index is 528. The molecule has 1 aromatic carbocycles. The molecule has 96 valence electrons. The molecule has 0 aliphatic carbocycles. The van der Waals surface area contributed by atoms with E-state index < -0.39 is 5.82 Å². The summed E-state index contributed by atoms with van der Waals surface area (Å²) in [5.74, 6) is 0.330. The Labute approximate surface area is 103 Å². The summed E-state index contributed by atoms with van der Waals surface area (Å²) in [6.45, 7) is 1.58. The van der Waals surface area contributed by atoms with E-state index in [0.717, 1.165) is 0 Å². The molecular weight excluding hydrogens is 239 g/mol. The summed E-state index contributed by atoms with van der Waals surface area (Å²) in [7, 11) is 0. The van der Waals surface area contributed by atoms with Crippen LogP contribution in [-0.2, 0) is 19.6 Å². The molecule has 1 heterocycles. The zero-order valence-corrected chi connectivity index (χ0v) is 9.89. The second-order valence-electron chi connectivity index (χ2n) is 3.63. The summed E-state index contributed by atoms with van der Waals surface area (Å²) in [5, 5.41) is 12.8. The maximum Gasteiger partial charge on any atom is 0.264 e. The van der Waals surface area contributed by atoms with Crippen LogP contribution in [0.25, 0.3) is 0 Å². The van der Waals surface area contributed by atoms with Gasteiger partial charge in [-0.05, 0) is 6.07 Å². The Kier molecular flexibility index (Phi) is 3.88. The minimum Gasteiger partial charge on any atom is -0.480 e. The van der Waals surface area contributed by atoms with E-state index in [2.05, 4.69) is 10.1 Å². The first-order valence-electron chi connectivity index (χ1n) is 5.57. The minimum absolute atomic E-state index is 0.0104. The fraction of sp³-hybridized carbons (Fsp3) is 0.333. The molecule has 5 nitrogen and oxygen atoms in total. The van der Waals surface area contributed by atoms with Gasteiger partial charge in [0.05, 0.1) is 6.61 Å². The zero-order chi connectivity index (χ0) is 13.0. The van der Waals surface area contributed by atoms with Crippen molar-refractivity contribution < 1.29 is 18.8 Å². The second kappa shape index (κ2) is 5.59. The van der Waals surface area contributed by atoms with E-state index >= 15 is 0 Å². The molecule has 0 spiro atoms. The molecule has 0 fully saturated rings. The molecule has 0 saturated heterocycles. The van der Waals surface area contributed by atoms with Crippen LogP contribution in [-0.4, -0.2) is 15.2 Å². The van der Waals surface area contributed by atoms with Crippen molar-refractivity contribution in [1.29, 1.82) is 0 Å². The molecule has 1 aromatic heterocycles. The van der Waals surface area contributed by atoms with Gasteiger partial charge >= 0.3 is 0 Å². The number of benzene rings is 1. The lowest BCUT2D eigenvalue weighted by atomic mass is 10.2. The molecule has 2 aromatic rings. The van der Waals surface area contributed by atoms with Gasteiger partial charge in [0.2, 0.25) is 0 Å². The van der Waals surface area contributed by atoms with Gasteiger partial charge < -0.3 is 14.4 Å². The number of aromatic nitrogens is 2. The van der Waals surface area contributed by atoms with Gasteiger partial charge in [0.15, 0.2) is 24.0 Å². The highest BCUT2D eigenvalue weighted by Gasteiger charge is 2.11. The molecule has 2 rings (SSSR count). The largest absolute Gasteiger partial charge is 0.480 e. The molecule has 0 aliphatic rings. The molecule has 0 unspecified atom stereocenters. The number of hydrogen-bond donors (Lipinski definition) is 1. The Balaban J connectivity index is 2.10. The normalized spacial score (nSPS) is 10.6. The minimum atomic E-state index is -0.531. The number of aliphatic hydroxyl groups is 1. The van der Waals surface area contributed by atoms with Crippen molar-refractivity contribution in [2.24, 2.45) is 0 Å². The lowest BCUT2D eigenvalue weighted by Crippen LogP contribution is -2.01. The summed E-state index contributed by atoms with van der Waals surface area (Å²) < 4.78 is 23.7. The van der Waals surface area contributed by atoms with Crippen molar-refractivity contribution in [2.45, 2.75) is 26.6 Å². The Morgan fingerprint density at radius 3 is 2.94 bits per heavy atom. The standard InChI is InChI=1S/C12H13FN2O3/c1-2-10-14-11(18-15-10)7-17-12-8(6-16)4-3-5-9(12)13/h3-5,16H,2,6-7H2,1H3. The van der Waals surface area contributed by atoms with Gasteiger partial charge in [-0.15, -0.1) is 0 Å². The van der Waals surface area contributed by atoms with Crippen LogP contribution in [0.1, 0.15) is 24.2 Å². The van der Waals surface area contributed by atoms with Crippen LogP contribution in [0.2, 0.25) is 0 Å². The first kappa shape index (κ1) is 12.5. The highest BCUT2D eigenvalue weighted by Crippen LogP contribution is 2.23. The van der Waals surface area contributed by atoms with Crippen molar-refractivity contribution >= 4 is 0 Å². The summed E-state index contributed by atoms with van der Waals surface area (Å²) in [4.78, 5) is 4.04. The fourth-order valence-electron chi connectivity index (χ4n) is 1.47. The molecule has 6 heteroatoms. The van der Waals surface area contributed by atoms with E-state index in [4.69, 9.17) is 14.4 Å². The van der Waals surface area contributed by atoms with Crippen LogP contribution in [0.3, 0.4) is 0 Å². The van der Waals surface area contributed by atoms with Crippen LogP contribution in [0.15, 0.2) is 22.7 Å². The highest BCUT2D eigenvalue weighted by atomic mass is 19.1. The molecule has 18 heavy (non-hydrogen) atoms.